The van der Waals surface area contributed by atoms with Crippen LogP contribution in [0, 0.1) is 17.6 Å². The molecule has 2 fully saturated rings. The number of hydrogen-bond acceptors (Lipinski definition) is 5. The highest BCUT2D eigenvalue weighted by molar-refractivity contribution is 7.22. The Kier molecular flexibility index (Phi) is 5.48. The lowest BCUT2D eigenvalue weighted by molar-refractivity contribution is -0.136. The van der Waals surface area contributed by atoms with Gasteiger partial charge in [-0.25, -0.2) is 13.8 Å². The van der Waals surface area contributed by atoms with E-state index in [1.807, 2.05) is 4.90 Å². The molecule has 0 bridgehead atoms. The summed E-state index contributed by atoms with van der Waals surface area (Å²) in [5.41, 5.74) is 1.82. The van der Waals surface area contributed by atoms with Gasteiger partial charge in [0.15, 0.2) is 5.13 Å². The van der Waals surface area contributed by atoms with Gasteiger partial charge in [-0.15, -0.1) is 0 Å². The molecular formula is C23H24F2N4OS. The molecule has 5 nitrogen and oxygen atoms in total. The van der Waals surface area contributed by atoms with Gasteiger partial charge in [0.25, 0.3) is 0 Å². The molecule has 162 valence electrons. The van der Waals surface area contributed by atoms with E-state index in [1.54, 1.807) is 18.2 Å². The number of rotatable bonds is 3. The van der Waals surface area contributed by atoms with Crippen LogP contribution in [0.15, 0.2) is 42.5 Å². The van der Waals surface area contributed by atoms with Crippen LogP contribution in [-0.2, 0) is 4.79 Å². The topological polar surface area (TPSA) is 39.7 Å². The Labute approximate surface area is 183 Å². The van der Waals surface area contributed by atoms with Crippen molar-refractivity contribution in [3.8, 4) is 0 Å². The Morgan fingerprint density at radius 2 is 1.55 bits per heavy atom. The average molecular weight is 443 g/mol. The molecule has 0 aliphatic carbocycles. The SMILES string of the molecule is O=C(C1CCN(c2nc3ccc(F)cc3s2)CC1)N1CCN(c2ccc(F)cc2)CC1. The summed E-state index contributed by atoms with van der Waals surface area (Å²) in [6.45, 7) is 4.49. The third-order valence-electron chi connectivity index (χ3n) is 6.24. The quantitative estimate of drug-likeness (QED) is 0.611. The number of carbonyl (C=O) groups excluding carboxylic acids is 1. The zero-order valence-corrected chi connectivity index (χ0v) is 18.0. The minimum absolute atomic E-state index is 0.0421. The van der Waals surface area contributed by atoms with Gasteiger partial charge in [0, 0.05) is 50.9 Å². The fourth-order valence-corrected chi connectivity index (χ4v) is 5.48. The van der Waals surface area contributed by atoms with Crippen LogP contribution in [0.25, 0.3) is 10.2 Å². The Morgan fingerprint density at radius 3 is 2.26 bits per heavy atom. The van der Waals surface area contributed by atoms with E-state index in [1.165, 1.54) is 35.6 Å². The summed E-state index contributed by atoms with van der Waals surface area (Å²) in [6, 6.07) is 11.2. The molecule has 31 heavy (non-hydrogen) atoms. The number of piperazine rings is 1. The summed E-state index contributed by atoms with van der Waals surface area (Å²) in [7, 11) is 0. The number of hydrogen-bond donors (Lipinski definition) is 0. The number of fused-ring (bicyclic) bond motifs is 1. The standard InChI is InChI=1S/C23H24F2N4OS/c24-17-1-4-19(5-2-17)27-11-13-28(14-12-27)22(30)16-7-9-29(10-8-16)23-26-20-6-3-18(25)15-21(20)31-23/h1-6,15-16H,7-14H2. The summed E-state index contributed by atoms with van der Waals surface area (Å²) >= 11 is 1.51. The fourth-order valence-electron chi connectivity index (χ4n) is 4.43. The van der Waals surface area contributed by atoms with Crippen molar-refractivity contribution in [2.24, 2.45) is 5.92 Å². The molecule has 3 aromatic rings. The van der Waals surface area contributed by atoms with Crippen LogP contribution in [0.4, 0.5) is 19.6 Å². The molecule has 2 aliphatic heterocycles. The van der Waals surface area contributed by atoms with E-state index < -0.39 is 0 Å². The molecule has 0 saturated carbocycles. The van der Waals surface area contributed by atoms with Gasteiger partial charge in [0.05, 0.1) is 10.2 Å². The van der Waals surface area contributed by atoms with Gasteiger partial charge >= 0.3 is 0 Å². The van der Waals surface area contributed by atoms with Gasteiger partial charge < -0.3 is 14.7 Å². The number of anilines is 2. The van der Waals surface area contributed by atoms with Crippen LogP contribution in [0.1, 0.15) is 12.8 Å². The van der Waals surface area contributed by atoms with E-state index in [0.29, 0.717) is 13.1 Å². The number of amides is 1. The van der Waals surface area contributed by atoms with Crippen LogP contribution < -0.4 is 9.80 Å². The Hall–Kier alpha value is -2.74. The summed E-state index contributed by atoms with van der Waals surface area (Å²) < 4.78 is 27.4. The van der Waals surface area contributed by atoms with Crippen LogP contribution in [0.5, 0.6) is 0 Å². The predicted molar refractivity (Wildman–Crippen MR) is 120 cm³/mol. The molecule has 5 rings (SSSR count). The molecule has 0 N–H and O–H groups in total. The molecule has 8 heteroatoms. The highest BCUT2D eigenvalue weighted by atomic mass is 32.1. The van der Waals surface area contributed by atoms with Crippen molar-refractivity contribution in [1.82, 2.24) is 9.88 Å². The maximum Gasteiger partial charge on any atom is 0.225 e. The van der Waals surface area contributed by atoms with E-state index in [9.17, 15) is 13.6 Å². The third kappa shape index (κ3) is 4.21. The highest BCUT2D eigenvalue weighted by Crippen LogP contribution is 2.32. The number of carbonyl (C=O) groups is 1. The summed E-state index contributed by atoms with van der Waals surface area (Å²) in [5.74, 6) is -0.196. The lowest BCUT2D eigenvalue weighted by Crippen LogP contribution is -2.51. The van der Waals surface area contributed by atoms with Gasteiger partial charge in [0.2, 0.25) is 5.91 Å². The fraction of sp³-hybridized carbons (Fsp3) is 0.391. The van der Waals surface area contributed by atoms with E-state index in [0.717, 1.165) is 60.1 Å². The molecule has 3 heterocycles. The number of benzene rings is 2. The van der Waals surface area contributed by atoms with Crippen LogP contribution in [0.2, 0.25) is 0 Å². The van der Waals surface area contributed by atoms with Crippen molar-refractivity contribution in [3.05, 3.63) is 54.1 Å². The van der Waals surface area contributed by atoms with Gasteiger partial charge in [-0.2, -0.15) is 0 Å². The van der Waals surface area contributed by atoms with E-state index in [-0.39, 0.29) is 23.5 Å². The Morgan fingerprint density at radius 1 is 0.871 bits per heavy atom. The first-order valence-electron chi connectivity index (χ1n) is 10.7. The van der Waals surface area contributed by atoms with Crippen LogP contribution in [0.3, 0.4) is 0 Å². The normalized spacial score (nSPS) is 18.1. The van der Waals surface area contributed by atoms with Crippen molar-refractivity contribution in [3.63, 3.8) is 0 Å². The molecule has 1 aromatic heterocycles. The molecule has 0 unspecified atom stereocenters. The minimum Gasteiger partial charge on any atom is -0.368 e. The second-order valence-corrected chi connectivity index (χ2v) is 9.17. The molecule has 0 atom stereocenters. The molecule has 2 aliphatic rings. The van der Waals surface area contributed by atoms with Crippen LogP contribution >= 0.6 is 11.3 Å². The predicted octanol–water partition coefficient (Wildman–Crippen LogP) is 4.14. The zero-order valence-electron chi connectivity index (χ0n) is 17.1. The van der Waals surface area contributed by atoms with Gasteiger partial charge in [-0.05, 0) is 55.3 Å². The molecule has 2 saturated heterocycles. The molecule has 1 amide bonds. The van der Waals surface area contributed by atoms with Crippen molar-refractivity contribution >= 4 is 38.3 Å². The number of nitrogens with zero attached hydrogens (tertiary/aromatic N) is 4. The molecule has 0 spiro atoms. The number of piperidine rings is 1. The summed E-state index contributed by atoms with van der Waals surface area (Å²) in [4.78, 5) is 24.1. The molecule has 2 aromatic carbocycles. The van der Waals surface area contributed by atoms with Gasteiger partial charge in [-0.1, -0.05) is 11.3 Å². The second-order valence-electron chi connectivity index (χ2n) is 8.16. The number of halogens is 2. The van der Waals surface area contributed by atoms with Crippen molar-refractivity contribution in [2.45, 2.75) is 12.8 Å². The number of aromatic nitrogens is 1. The van der Waals surface area contributed by atoms with Gasteiger partial charge in [-0.3, -0.25) is 4.79 Å². The average Bonchev–Trinajstić information content (AvgIpc) is 3.22. The lowest BCUT2D eigenvalue weighted by atomic mass is 9.95. The first-order valence-corrected chi connectivity index (χ1v) is 11.5. The molecule has 0 radical (unpaired) electrons. The zero-order chi connectivity index (χ0) is 21.4. The minimum atomic E-state index is -0.244. The van der Waals surface area contributed by atoms with E-state index in [4.69, 9.17) is 0 Å². The monoisotopic (exact) mass is 442 g/mol. The summed E-state index contributed by atoms with van der Waals surface area (Å²) in [6.07, 6.45) is 1.61. The smallest absolute Gasteiger partial charge is 0.225 e. The highest BCUT2D eigenvalue weighted by Gasteiger charge is 2.31. The largest absolute Gasteiger partial charge is 0.368 e. The number of thiazole rings is 1. The van der Waals surface area contributed by atoms with Crippen molar-refractivity contribution in [1.29, 1.82) is 0 Å². The Bertz CT molecular complexity index is 1070. The van der Waals surface area contributed by atoms with Crippen molar-refractivity contribution < 1.29 is 13.6 Å². The van der Waals surface area contributed by atoms with E-state index >= 15 is 0 Å². The maximum atomic E-state index is 13.4. The first kappa shape index (κ1) is 20.2. The lowest BCUT2D eigenvalue weighted by Gasteiger charge is -2.39. The van der Waals surface area contributed by atoms with E-state index in [2.05, 4.69) is 14.8 Å². The van der Waals surface area contributed by atoms with Crippen LogP contribution in [-0.4, -0.2) is 55.1 Å². The van der Waals surface area contributed by atoms with Gasteiger partial charge in [0.1, 0.15) is 11.6 Å². The second kappa shape index (κ2) is 8.42. The third-order valence-corrected chi connectivity index (χ3v) is 7.32. The van der Waals surface area contributed by atoms with Crippen molar-refractivity contribution in [2.75, 3.05) is 49.1 Å². The first-order chi connectivity index (χ1) is 15.1. The maximum absolute atomic E-state index is 13.4. The Balaban J connectivity index is 1.15. The molecular weight excluding hydrogens is 418 g/mol. The summed E-state index contributed by atoms with van der Waals surface area (Å²) in [5, 5.41) is 0.902.